The average Bonchev–Trinajstić information content (AvgIpc) is 3.16. The number of carbonyl (C=O) groups is 1. The van der Waals surface area contributed by atoms with Crippen LogP contribution in [0, 0.1) is 0 Å². The predicted octanol–water partition coefficient (Wildman–Crippen LogP) is 3.28. The van der Waals surface area contributed by atoms with Gasteiger partial charge < -0.3 is 10.6 Å². The van der Waals surface area contributed by atoms with Crippen molar-refractivity contribution in [3.05, 3.63) is 46.6 Å². The van der Waals surface area contributed by atoms with Crippen LogP contribution in [0.5, 0.6) is 0 Å². The third-order valence-electron chi connectivity index (χ3n) is 4.14. The highest BCUT2D eigenvalue weighted by Gasteiger charge is 2.21. The summed E-state index contributed by atoms with van der Waals surface area (Å²) in [7, 11) is 1.63. The molecule has 4 rings (SSSR count). The number of amides is 1. The minimum Gasteiger partial charge on any atom is -0.355 e. The Balaban J connectivity index is 1.69. The monoisotopic (exact) mass is 324 g/mol. The normalized spacial score (nSPS) is 13.1. The molecule has 5 nitrogen and oxygen atoms in total. The van der Waals surface area contributed by atoms with E-state index >= 15 is 0 Å². The van der Waals surface area contributed by atoms with Crippen LogP contribution < -0.4 is 10.6 Å². The van der Waals surface area contributed by atoms with E-state index < -0.39 is 0 Å². The van der Waals surface area contributed by atoms with E-state index in [9.17, 15) is 4.79 Å². The molecule has 0 radical (unpaired) electrons. The molecule has 0 aliphatic heterocycles. The topological polar surface area (TPSA) is 66.9 Å². The number of rotatable bonds is 3. The van der Waals surface area contributed by atoms with Gasteiger partial charge >= 0.3 is 0 Å². The zero-order valence-electron chi connectivity index (χ0n) is 12.7. The highest BCUT2D eigenvalue weighted by Crippen LogP contribution is 2.39. The molecular formula is C17H16N4OS. The van der Waals surface area contributed by atoms with Crippen LogP contribution in [-0.2, 0) is 12.8 Å². The van der Waals surface area contributed by atoms with Gasteiger partial charge in [0.25, 0.3) is 5.91 Å². The molecule has 0 bridgehead atoms. The fourth-order valence-corrected chi connectivity index (χ4v) is 4.24. The van der Waals surface area contributed by atoms with Gasteiger partial charge in [-0.1, -0.05) is 0 Å². The van der Waals surface area contributed by atoms with Gasteiger partial charge in [0.05, 0.1) is 5.39 Å². The zero-order valence-corrected chi connectivity index (χ0v) is 13.5. The number of aryl methyl sites for hydroxylation is 2. The Labute approximate surface area is 137 Å². The van der Waals surface area contributed by atoms with Crippen molar-refractivity contribution in [2.75, 3.05) is 12.4 Å². The Morgan fingerprint density at radius 3 is 2.78 bits per heavy atom. The van der Waals surface area contributed by atoms with Crippen molar-refractivity contribution in [2.24, 2.45) is 0 Å². The summed E-state index contributed by atoms with van der Waals surface area (Å²) >= 11 is 1.78. The summed E-state index contributed by atoms with van der Waals surface area (Å²) in [4.78, 5) is 22.9. The Kier molecular flexibility index (Phi) is 3.46. The molecule has 3 aromatic rings. The standard InChI is InChI=1S/C17H16N4OS/c1-18-16(22)10-5-7-11(8-6-10)21-15-14-12-3-2-4-13(12)23-17(14)20-9-19-15/h5-9H,2-4H2,1H3,(H,18,22)(H,19,20,21). The van der Waals surface area contributed by atoms with Gasteiger partial charge in [-0.3, -0.25) is 4.79 Å². The van der Waals surface area contributed by atoms with Crippen molar-refractivity contribution < 1.29 is 4.79 Å². The molecule has 0 spiro atoms. The van der Waals surface area contributed by atoms with Crippen molar-refractivity contribution in [3.8, 4) is 0 Å². The molecule has 1 amide bonds. The molecule has 0 atom stereocenters. The largest absolute Gasteiger partial charge is 0.355 e. The van der Waals surface area contributed by atoms with Crippen LogP contribution >= 0.6 is 11.3 Å². The first kappa shape index (κ1) is 14.1. The number of fused-ring (bicyclic) bond motifs is 3. The number of benzene rings is 1. The number of hydrogen-bond donors (Lipinski definition) is 2. The quantitative estimate of drug-likeness (QED) is 0.776. The van der Waals surface area contributed by atoms with E-state index in [-0.39, 0.29) is 5.91 Å². The Bertz CT molecular complexity index is 885. The van der Waals surface area contributed by atoms with E-state index in [2.05, 4.69) is 20.6 Å². The predicted molar refractivity (Wildman–Crippen MR) is 92.6 cm³/mol. The summed E-state index contributed by atoms with van der Waals surface area (Å²) in [5.41, 5.74) is 2.95. The van der Waals surface area contributed by atoms with Gasteiger partial charge in [-0.05, 0) is 49.1 Å². The van der Waals surface area contributed by atoms with Gasteiger partial charge in [0.15, 0.2) is 0 Å². The lowest BCUT2D eigenvalue weighted by Crippen LogP contribution is -2.17. The van der Waals surface area contributed by atoms with E-state index in [4.69, 9.17) is 0 Å². The molecule has 2 N–H and O–H groups in total. The fraction of sp³-hybridized carbons (Fsp3) is 0.235. The van der Waals surface area contributed by atoms with E-state index in [0.717, 1.165) is 34.6 Å². The number of anilines is 2. The molecule has 0 unspecified atom stereocenters. The van der Waals surface area contributed by atoms with Gasteiger partial charge in [-0.25, -0.2) is 9.97 Å². The van der Waals surface area contributed by atoms with Crippen molar-refractivity contribution in [2.45, 2.75) is 19.3 Å². The van der Waals surface area contributed by atoms with Gasteiger partial charge in [0.1, 0.15) is 17.0 Å². The Morgan fingerprint density at radius 1 is 1.17 bits per heavy atom. The van der Waals surface area contributed by atoms with Crippen LogP contribution in [0.3, 0.4) is 0 Å². The molecule has 116 valence electrons. The molecule has 1 aromatic carbocycles. The summed E-state index contributed by atoms with van der Waals surface area (Å²) in [5, 5.41) is 7.14. The van der Waals surface area contributed by atoms with Crippen LogP contribution in [-0.4, -0.2) is 22.9 Å². The second-order valence-corrected chi connectivity index (χ2v) is 6.62. The van der Waals surface area contributed by atoms with E-state index in [0.29, 0.717) is 5.56 Å². The summed E-state index contributed by atoms with van der Waals surface area (Å²) in [6.45, 7) is 0. The first-order valence-electron chi connectivity index (χ1n) is 7.60. The highest BCUT2D eigenvalue weighted by atomic mass is 32.1. The maximum absolute atomic E-state index is 11.6. The molecule has 0 fully saturated rings. The first-order chi connectivity index (χ1) is 11.3. The third kappa shape index (κ3) is 2.45. The number of nitrogens with one attached hydrogen (secondary N) is 2. The van der Waals surface area contributed by atoms with Gasteiger partial charge in [-0.15, -0.1) is 11.3 Å². The number of thiophene rings is 1. The van der Waals surface area contributed by atoms with Gasteiger partial charge in [0, 0.05) is 23.2 Å². The maximum Gasteiger partial charge on any atom is 0.251 e. The Hall–Kier alpha value is -2.47. The molecule has 2 aromatic heterocycles. The lowest BCUT2D eigenvalue weighted by molar-refractivity contribution is 0.0963. The van der Waals surface area contributed by atoms with Crippen molar-refractivity contribution in [1.82, 2.24) is 15.3 Å². The minimum atomic E-state index is -0.0865. The van der Waals surface area contributed by atoms with Crippen LogP contribution in [0.1, 0.15) is 27.2 Å². The molecule has 1 aliphatic carbocycles. The highest BCUT2D eigenvalue weighted by molar-refractivity contribution is 7.19. The second-order valence-electron chi connectivity index (χ2n) is 5.54. The first-order valence-corrected chi connectivity index (χ1v) is 8.42. The molecule has 0 saturated carbocycles. The number of hydrogen-bond acceptors (Lipinski definition) is 5. The molecule has 2 heterocycles. The summed E-state index contributed by atoms with van der Waals surface area (Å²) in [6.07, 6.45) is 5.07. The average molecular weight is 324 g/mol. The van der Waals surface area contributed by atoms with Crippen molar-refractivity contribution in [3.63, 3.8) is 0 Å². The van der Waals surface area contributed by atoms with E-state index in [1.807, 2.05) is 12.1 Å². The van der Waals surface area contributed by atoms with Crippen molar-refractivity contribution >= 4 is 39.0 Å². The van der Waals surface area contributed by atoms with Crippen LogP contribution in [0.25, 0.3) is 10.2 Å². The maximum atomic E-state index is 11.6. The number of aromatic nitrogens is 2. The van der Waals surface area contributed by atoms with Crippen LogP contribution in [0.4, 0.5) is 11.5 Å². The van der Waals surface area contributed by atoms with Gasteiger partial charge in [-0.2, -0.15) is 0 Å². The SMILES string of the molecule is CNC(=O)c1ccc(Nc2ncnc3sc4c(c23)CCC4)cc1. The molecule has 1 aliphatic rings. The summed E-state index contributed by atoms with van der Waals surface area (Å²) in [6, 6.07) is 7.39. The second kappa shape index (κ2) is 5.62. The lowest BCUT2D eigenvalue weighted by atomic mass is 10.1. The Morgan fingerprint density at radius 2 is 2.00 bits per heavy atom. The lowest BCUT2D eigenvalue weighted by Gasteiger charge is -2.08. The molecule has 0 saturated heterocycles. The zero-order chi connectivity index (χ0) is 15.8. The van der Waals surface area contributed by atoms with E-state index in [1.165, 1.54) is 16.9 Å². The van der Waals surface area contributed by atoms with Crippen LogP contribution in [0.2, 0.25) is 0 Å². The minimum absolute atomic E-state index is 0.0865. The van der Waals surface area contributed by atoms with Crippen LogP contribution in [0.15, 0.2) is 30.6 Å². The fourth-order valence-electron chi connectivity index (χ4n) is 3.01. The smallest absolute Gasteiger partial charge is 0.251 e. The van der Waals surface area contributed by atoms with E-state index in [1.54, 1.807) is 36.8 Å². The van der Waals surface area contributed by atoms with Gasteiger partial charge in [0.2, 0.25) is 0 Å². The third-order valence-corrected chi connectivity index (χ3v) is 5.34. The summed E-state index contributed by atoms with van der Waals surface area (Å²) in [5.74, 6) is 0.763. The number of nitrogens with zero attached hydrogens (tertiary/aromatic N) is 2. The number of carbonyl (C=O) groups excluding carboxylic acids is 1. The molecule has 23 heavy (non-hydrogen) atoms. The molecular weight excluding hydrogens is 308 g/mol. The van der Waals surface area contributed by atoms with Crippen molar-refractivity contribution in [1.29, 1.82) is 0 Å². The summed E-state index contributed by atoms with van der Waals surface area (Å²) < 4.78 is 0. The molecule has 6 heteroatoms.